The number of hydrogen-bond donors (Lipinski definition) is 1. The number of aromatic hydroxyl groups is 1. The van der Waals surface area contributed by atoms with Gasteiger partial charge in [-0.3, -0.25) is 4.90 Å². The lowest BCUT2D eigenvalue weighted by Crippen LogP contribution is -2.47. The Hall–Kier alpha value is -2.75. The van der Waals surface area contributed by atoms with E-state index >= 15 is 0 Å². The van der Waals surface area contributed by atoms with Gasteiger partial charge in [-0.15, -0.1) is 5.10 Å². The van der Waals surface area contributed by atoms with E-state index in [0.717, 1.165) is 24.8 Å². The smallest absolute Gasteiger partial charge is 0.230 e. The standard InChI is InChI=1S/C23H22ClF2N5OS/c1-2-19-27-23-31(28-19)22(32)21(33-23)20(14-6-7-17(25)18(26)12-14)30-10-8-29(9-11-30)16-5-3-4-15(24)13-16/h3-7,12-13,20,32H,2,8-11H2,1H3. The summed E-state index contributed by atoms with van der Waals surface area (Å²) in [5, 5.41) is 16.0. The number of hydrogen-bond acceptors (Lipinski definition) is 6. The third kappa shape index (κ3) is 4.16. The summed E-state index contributed by atoms with van der Waals surface area (Å²) in [6.07, 6.45) is 0.654. The van der Waals surface area contributed by atoms with Crippen LogP contribution in [0.2, 0.25) is 5.02 Å². The molecule has 2 aromatic heterocycles. The highest BCUT2D eigenvalue weighted by atomic mass is 35.5. The first-order chi connectivity index (χ1) is 15.9. The summed E-state index contributed by atoms with van der Waals surface area (Å²) in [5.74, 6) is -1.19. The first kappa shape index (κ1) is 22.1. The fraction of sp³-hybridized carbons (Fsp3) is 0.304. The van der Waals surface area contributed by atoms with Crippen LogP contribution in [0.4, 0.5) is 14.5 Å². The maximum Gasteiger partial charge on any atom is 0.230 e. The summed E-state index contributed by atoms with van der Waals surface area (Å²) in [5.41, 5.74) is 1.61. The summed E-state index contributed by atoms with van der Waals surface area (Å²) in [6.45, 7) is 4.71. The van der Waals surface area contributed by atoms with E-state index in [1.807, 2.05) is 31.2 Å². The molecule has 33 heavy (non-hydrogen) atoms. The van der Waals surface area contributed by atoms with Gasteiger partial charge < -0.3 is 10.0 Å². The van der Waals surface area contributed by atoms with Gasteiger partial charge in [0.15, 0.2) is 17.5 Å². The van der Waals surface area contributed by atoms with Crippen LogP contribution in [0.15, 0.2) is 42.5 Å². The van der Waals surface area contributed by atoms with Crippen molar-refractivity contribution in [2.45, 2.75) is 19.4 Å². The van der Waals surface area contributed by atoms with Crippen molar-refractivity contribution in [2.75, 3.05) is 31.1 Å². The van der Waals surface area contributed by atoms with E-state index in [1.165, 1.54) is 21.9 Å². The van der Waals surface area contributed by atoms with Crippen molar-refractivity contribution in [2.24, 2.45) is 0 Å². The lowest BCUT2D eigenvalue weighted by molar-refractivity contribution is 0.210. The Morgan fingerprint density at radius 2 is 1.88 bits per heavy atom. The fourth-order valence-corrected chi connectivity index (χ4v) is 5.56. The molecule has 6 nitrogen and oxygen atoms in total. The molecule has 10 heteroatoms. The fourth-order valence-electron chi connectivity index (χ4n) is 4.24. The summed E-state index contributed by atoms with van der Waals surface area (Å²) in [6, 6.07) is 11.2. The minimum Gasteiger partial charge on any atom is -0.492 e. The molecule has 1 atom stereocenters. The number of halogens is 3. The van der Waals surface area contributed by atoms with Gasteiger partial charge >= 0.3 is 0 Å². The van der Waals surface area contributed by atoms with Gasteiger partial charge in [0.2, 0.25) is 10.8 Å². The molecule has 1 aliphatic heterocycles. The second-order valence-electron chi connectivity index (χ2n) is 7.94. The summed E-state index contributed by atoms with van der Waals surface area (Å²) >= 11 is 7.47. The molecule has 1 fully saturated rings. The lowest BCUT2D eigenvalue weighted by atomic mass is 10.0. The third-order valence-corrected chi connectivity index (χ3v) is 7.23. The number of rotatable bonds is 5. The molecule has 1 N–H and O–H groups in total. The highest BCUT2D eigenvalue weighted by Gasteiger charge is 2.32. The van der Waals surface area contributed by atoms with Crippen LogP contribution in [0.1, 0.15) is 29.2 Å². The first-order valence-corrected chi connectivity index (χ1v) is 11.9. The normalized spacial score (nSPS) is 15.9. The van der Waals surface area contributed by atoms with Gasteiger partial charge in [0.1, 0.15) is 0 Å². The molecular weight excluding hydrogens is 468 g/mol. The monoisotopic (exact) mass is 489 g/mol. The Morgan fingerprint density at radius 1 is 1.09 bits per heavy atom. The molecular formula is C23H22ClF2N5OS. The average Bonchev–Trinajstić information content (AvgIpc) is 3.36. The van der Waals surface area contributed by atoms with Gasteiger partial charge in [-0.1, -0.05) is 42.0 Å². The predicted octanol–water partition coefficient (Wildman–Crippen LogP) is 4.90. The molecule has 1 unspecified atom stereocenters. The first-order valence-electron chi connectivity index (χ1n) is 10.7. The molecule has 0 saturated carbocycles. The van der Waals surface area contributed by atoms with E-state index in [2.05, 4.69) is 19.9 Å². The van der Waals surface area contributed by atoms with Gasteiger partial charge in [-0.05, 0) is 35.9 Å². The van der Waals surface area contributed by atoms with Gasteiger partial charge in [-0.25, -0.2) is 13.8 Å². The van der Waals surface area contributed by atoms with Crippen LogP contribution < -0.4 is 4.90 Å². The number of aromatic nitrogens is 3. The van der Waals surface area contributed by atoms with Crippen LogP contribution in [-0.2, 0) is 6.42 Å². The maximum atomic E-state index is 14.2. The van der Waals surface area contributed by atoms with Crippen LogP contribution in [-0.4, -0.2) is 50.8 Å². The Labute approximate surface area is 198 Å². The number of aryl methyl sites for hydroxylation is 1. The number of piperazine rings is 1. The Kier molecular flexibility index (Phi) is 5.94. The van der Waals surface area contributed by atoms with Crippen LogP contribution in [0.25, 0.3) is 4.96 Å². The van der Waals surface area contributed by atoms with Crippen LogP contribution in [0.5, 0.6) is 5.88 Å². The van der Waals surface area contributed by atoms with E-state index in [0.29, 0.717) is 45.8 Å². The van der Waals surface area contributed by atoms with E-state index in [9.17, 15) is 13.9 Å². The van der Waals surface area contributed by atoms with Crippen molar-refractivity contribution >= 4 is 33.6 Å². The van der Waals surface area contributed by atoms with Crippen molar-refractivity contribution in [3.05, 3.63) is 75.4 Å². The number of anilines is 1. The second-order valence-corrected chi connectivity index (χ2v) is 9.39. The largest absolute Gasteiger partial charge is 0.492 e. The lowest BCUT2D eigenvalue weighted by Gasteiger charge is -2.40. The minimum atomic E-state index is -0.915. The Balaban J connectivity index is 1.49. The molecule has 5 rings (SSSR count). The molecule has 0 bridgehead atoms. The molecule has 3 heterocycles. The maximum absolute atomic E-state index is 14.2. The quantitative estimate of drug-likeness (QED) is 0.432. The van der Waals surface area contributed by atoms with Crippen molar-refractivity contribution in [3.63, 3.8) is 0 Å². The van der Waals surface area contributed by atoms with Gasteiger partial charge in [0.05, 0.1) is 10.9 Å². The minimum absolute atomic E-state index is 0.0193. The SMILES string of the molecule is CCc1nc2sc(C(c3ccc(F)c(F)c3)N3CCN(c4cccc(Cl)c4)CC3)c(O)n2n1. The van der Waals surface area contributed by atoms with E-state index in [4.69, 9.17) is 11.6 Å². The molecule has 0 radical (unpaired) electrons. The topological polar surface area (TPSA) is 56.9 Å². The molecule has 1 saturated heterocycles. The molecule has 0 aliphatic carbocycles. The number of nitrogens with zero attached hydrogens (tertiary/aromatic N) is 5. The number of thiazole rings is 1. The van der Waals surface area contributed by atoms with Gasteiger partial charge in [0.25, 0.3) is 0 Å². The molecule has 0 spiro atoms. The Bertz CT molecular complexity index is 1300. The number of benzene rings is 2. The van der Waals surface area contributed by atoms with E-state index in [-0.39, 0.29) is 5.88 Å². The molecule has 2 aromatic carbocycles. The number of fused-ring (bicyclic) bond motifs is 1. The molecule has 1 aliphatic rings. The average molecular weight is 490 g/mol. The predicted molar refractivity (Wildman–Crippen MR) is 125 cm³/mol. The molecule has 4 aromatic rings. The van der Waals surface area contributed by atoms with Crippen LogP contribution in [0.3, 0.4) is 0 Å². The second kappa shape index (κ2) is 8.89. The summed E-state index contributed by atoms with van der Waals surface area (Å²) < 4.78 is 29.3. The van der Waals surface area contributed by atoms with Crippen LogP contribution >= 0.6 is 22.9 Å². The van der Waals surface area contributed by atoms with Crippen molar-refractivity contribution in [1.29, 1.82) is 0 Å². The van der Waals surface area contributed by atoms with Gasteiger partial charge in [0, 0.05) is 43.3 Å². The molecule has 172 valence electrons. The van der Waals surface area contributed by atoms with Crippen LogP contribution in [0, 0.1) is 11.6 Å². The van der Waals surface area contributed by atoms with E-state index in [1.54, 1.807) is 6.07 Å². The highest BCUT2D eigenvalue weighted by Crippen LogP contribution is 2.40. The Morgan fingerprint density at radius 3 is 2.55 bits per heavy atom. The third-order valence-electron chi connectivity index (χ3n) is 5.92. The summed E-state index contributed by atoms with van der Waals surface area (Å²) in [4.78, 5) is 10.0. The van der Waals surface area contributed by atoms with E-state index < -0.39 is 17.7 Å². The van der Waals surface area contributed by atoms with Crippen molar-refractivity contribution < 1.29 is 13.9 Å². The van der Waals surface area contributed by atoms with Gasteiger partial charge in [-0.2, -0.15) is 4.52 Å². The summed E-state index contributed by atoms with van der Waals surface area (Å²) in [7, 11) is 0. The zero-order valence-electron chi connectivity index (χ0n) is 17.9. The molecule has 0 amide bonds. The zero-order valence-corrected chi connectivity index (χ0v) is 19.5. The zero-order chi connectivity index (χ0) is 23.1. The van der Waals surface area contributed by atoms with Crippen molar-refractivity contribution in [3.8, 4) is 5.88 Å². The van der Waals surface area contributed by atoms with Crippen molar-refractivity contribution in [1.82, 2.24) is 19.5 Å². The highest BCUT2D eigenvalue weighted by molar-refractivity contribution is 7.17.